The van der Waals surface area contributed by atoms with Crippen molar-refractivity contribution in [3.05, 3.63) is 0 Å². The maximum atomic E-state index is 2.93. The second-order valence-corrected chi connectivity index (χ2v) is 8.05. The minimum atomic E-state index is 0.889. The predicted molar refractivity (Wildman–Crippen MR) is 82.9 cm³/mol. The van der Waals surface area contributed by atoms with Gasteiger partial charge in [-0.3, -0.25) is 4.90 Å². The van der Waals surface area contributed by atoms with Crippen molar-refractivity contribution in [1.29, 1.82) is 0 Å². The summed E-state index contributed by atoms with van der Waals surface area (Å²) in [6, 6.07) is 3.63. The first-order chi connectivity index (χ1) is 9.70. The van der Waals surface area contributed by atoms with E-state index in [4.69, 9.17) is 0 Å². The maximum Gasteiger partial charge on any atom is 0.0356 e. The molecule has 0 radical (unpaired) electrons. The van der Waals surface area contributed by atoms with E-state index in [0.29, 0.717) is 0 Å². The highest BCUT2D eigenvalue weighted by molar-refractivity contribution is 5.03. The van der Waals surface area contributed by atoms with Crippen LogP contribution in [0, 0.1) is 5.92 Å². The Morgan fingerprint density at radius 3 is 1.90 bits per heavy atom. The zero-order valence-corrected chi connectivity index (χ0v) is 13.3. The van der Waals surface area contributed by atoms with Gasteiger partial charge in [0.15, 0.2) is 0 Å². The maximum absolute atomic E-state index is 2.93. The summed E-state index contributed by atoms with van der Waals surface area (Å²) in [6.07, 6.45) is 8.75. The van der Waals surface area contributed by atoms with Crippen molar-refractivity contribution in [2.75, 3.05) is 33.2 Å². The molecule has 4 heterocycles. The second kappa shape index (κ2) is 5.26. The minimum absolute atomic E-state index is 0.889. The fourth-order valence-electron chi connectivity index (χ4n) is 5.33. The molecule has 3 heteroatoms. The Morgan fingerprint density at radius 1 is 0.750 bits per heavy atom. The highest BCUT2D eigenvalue weighted by Crippen LogP contribution is 2.41. The van der Waals surface area contributed by atoms with Crippen molar-refractivity contribution in [2.24, 2.45) is 5.92 Å². The molecule has 2 unspecified atom stereocenters. The Bertz CT molecular complexity index is 330. The number of piperidine rings is 2. The largest absolute Gasteiger partial charge is 0.303 e. The molecule has 4 aliphatic rings. The predicted octanol–water partition coefficient (Wildman–Crippen LogP) is 2.03. The number of hydrogen-bond acceptors (Lipinski definition) is 3. The smallest absolute Gasteiger partial charge is 0.0356 e. The standard InChI is InChI=1S/C17H31N3/c1-13-5-7-19(8-6-13)16-9-14-3-4-15(10-16)20(14)17-11-18(2)12-17/h13-17H,3-12H2,1-2H3. The fraction of sp³-hybridized carbons (Fsp3) is 1.00. The Kier molecular flexibility index (Phi) is 3.56. The lowest BCUT2D eigenvalue weighted by molar-refractivity contribution is -0.0288. The number of likely N-dealkylation sites (N-methyl/N-ethyl adjacent to an activating group) is 1. The van der Waals surface area contributed by atoms with Gasteiger partial charge in [0.1, 0.15) is 0 Å². The molecule has 0 spiro atoms. The lowest BCUT2D eigenvalue weighted by atomic mass is 9.90. The monoisotopic (exact) mass is 277 g/mol. The highest BCUT2D eigenvalue weighted by atomic mass is 15.4. The summed E-state index contributed by atoms with van der Waals surface area (Å²) >= 11 is 0. The van der Waals surface area contributed by atoms with Crippen LogP contribution in [0.2, 0.25) is 0 Å². The van der Waals surface area contributed by atoms with Crippen LogP contribution in [0.5, 0.6) is 0 Å². The number of nitrogens with zero attached hydrogens (tertiary/aromatic N) is 3. The molecule has 2 atom stereocenters. The van der Waals surface area contributed by atoms with Gasteiger partial charge < -0.3 is 9.80 Å². The Morgan fingerprint density at radius 2 is 1.35 bits per heavy atom. The van der Waals surface area contributed by atoms with Gasteiger partial charge in [0.25, 0.3) is 0 Å². The number of rotatable bonds is 2. The minimum Gasteiger partial charge on any atom is -0.303 e. The van der Waals surface area contributed by atoms with E-state index in [1.54, 1.807) is 0 Å². The third kappa shape index (κ3) is 2.32. The molecular weight excluding hydrogens is 246 g/mol. The average Bonchev–Trinajstić information content (AvgIpc) is 2.66. The summed E-state index contributed by atoms with van der Waals surface area (Å²) in [5.41, 5.74) is 0. The van der Waals surface area contributed by atoms with Gasteiger partial charge in [-0.05, 0) is 64.6 Å². The molecule has 0 aromatic rings. The van der Waals surface area contributed by atoms with E-state index in [0.717, 1.165) is 30.1 Å². The molecule has 0 amide bonds. The van der Waals surface area contributed by atoms with Crippen LogP contribution in [0.1, 0.15) is 45.4 Å². The van der Waals surface area contributed by atoms with Crippen LogP contribution in [-0.2, 0) is 0 Å². The first kappa shape index (κ1) is 13.5. The molecular formula is C17H31N3. The SMILES string of the molecule is CC1CCN(C2CC3CCC(C2)N3C2CN(C)C2)CC1. The van der Waals surface area contributed by atoms with Gasteiger partial charge in [0.05, 0.1) is 0 Å². The Labute approximate surface area is 124 Å². The van der Waals surface area contributed by atoms with Gasteiger partial charge >= 0.3 is 0 Å². The van der Waals surface area contributed by atoms with Crippen LogP contribution in [0.25, 0.3) is 0 Å². The lowest BCUT2D eigenvalue weighted by Crippen LogP contribution is -2.64. The van der Waals surface area contributed by atoms with E-state index in [2.05, 4.69) is 28.7 Å². The summed E-state index contributed by atoms with van der Waals surface area (Å²) in [4.78, 5) is 8.25. The molecule has 0 aliphatic carbocycles. The van der Waals surface area contributed by atoms with Crippen molar-refractivity contribution in [2.45, 2.75) is 69.6 Å². The number of likely N-dealkylation sites (tertiary alicyclic amines) is 2. The summed E-state index contributed by atoms with van der Waals surface area (Å²) in [6.45, 7) is 7.81. The summed E-state index contributed by atoms with van der Waals surface area (Å²) < 4.78 is 0. The molecule has 0 saturated carbocycles. The normalized spacial score (nSPS) is 42.0. The molecule has 114 valence electrons. The van der Waals surface area contributed by atoms with Gasteiger partial charge in [0, 0.05) is 37.3 Å². The van der Waals surface area contributed by atoms with Crippen LogP contribution in [0.4, 0.5) is 0 Å². The molecule has 4 rings (SSSR count). The molecule has 0 N–H and O–H groups in total. The van der Waals surface area contributed by atoms with Crippen molar-refractivity contribution < 1.29 is 0 Å². The quantitative estimate of drug-likeness (QED) is 0.765. The van der Waals surface area contributed by atoms with Crippen LogP contribution >= 0.6 is 0 Å². The topological polar surface area (TPSA) is 9.72 Å². The van der Waals surface area contributed by atoms with Crippen LogP contribution in [0.3, 0.4) is 0 Å². The molecule has 4 fully saturated rings. The number of fused-ring (bicyclic) bond motifs is 2. The summed E-state index contributed by atoms with van der Waals surface area (Å²) in [7, 11) is 2.26. The van der Waals surface area contributed by atoms with E-state index in [-0.39, 0.29) is 0 Å². The van der Waals surface area contributed by atoms with E-state index in [9.17, 15) is 0 Å². The molecule has 0 aromatic carbocycles. The molecule has 20 heavy (non-hydrogen) atoms. The third-order valence-corrected chi connectivity index (χ3v) is 6.57. The molecule has 4 aliphatic heterocycles. The van der Waals surface area contributed by atoms with E-state index >= 15 is 0 Å². The summed E-state index contributed by atoms with van der Waals surface area (Å²) in [5, 5.41) is 0. The van der Waals surface area contributed by atoms with Gasteiger partial charge in [-0.2, -0.15) is 0 Å². The summed E-state index contributed by atoms with van der Waals surface area (Å²) in [5.74, 6) is 0.966. The van der Waals surface area contributed by atoms with Crippen LogP contribution < -0.4 is 0 Å². The van der Waals surface area contributed by atoms with E-state index in [1.165, 1.54) is 64.7 Å². The first-order valence-electron chi connectivity index (χ1n) is 8.90. The van der Waals surface area contributed by atoms with E-state index < -0.39 is 0 Å². The van der Waals surface area contributed by atoms with Crippen molar-refractivity contribution in [3.63, 3.8) is 0 Å². The number of hydrogen-bond donors (Lipinski definition) is 0. The van der Waals surface area contributed by atoms with Crippen molar-refractivity contribution in [3.8, 4) is 0 Å². The Balaban J connectivity index is 1.38. The first-order valence-corrected chi connectivity index (χ1v) is 8.90. The van der Waals surface area contributed by atoms with Gasteiger partial charge in [0.2, 0.25) is 0 Å². The fourth-order valence-corrected chi connectivity index (χ4v) is 5.33. The second-order valence-electron chi connectivity index (χ2n) is 8.05. The average molecular weight is 277 g/mol. The molecule has 3 nitrogen and oxygen atoms in total. The van der Waals surface area contributed by atoms with Crippen LogP contribution in [-0.4, -0.2) is 72.1 Å². The highest BCUT2D eigenvalue weighted by Gasteiger charge is 2.47. The van der Waals surface area contributed by atoms with Gasteiger partial charge in [-0.1, -0.05) is 6.92 Å². The van der Waals surface area contributed by atoms with E-state index in [1.807, 2.05) is 0 Å². The van der Waals surface area contributed by atoms with Gasteiger partial charge in [-0.25, -0.2) is 0 Å². The Hall–Kier alpha value is -0.120. The van der Waals surface area contributed by atoms with Crippen LogP contribution in [0.15, 0.2) is 0 Å². The van der Waals surface area contributed by atoms with Crippen molar-refractivity contribution >= 4 is 0 Å². The molecule has 4 saturated heterocycles. The zero-order valence-electron chi connectivity index (χ0n) is 13.3. The lowest BCUT2D eigenvalue weighted by Gasteiger charge is -2.52. The molecule has 0 aromatic heterocycles. The molecule has 2 bridgehead atoms. The third-order valence-electron chi connectivity index (χ3n) is 6.57. The van der Waals surface area contributed by atoms with Gasteiger partial charge in [-0.15, -0.1) is 0 Å². The zero-order chi connectivity index (χ0) is 13.7. The van der Waals surface area contributed by atoms with Crippen molar-refractivity contribution in [1.82, 2.24) is 14.7 Å².